The van der Waals surface area contributed by atoms with E-state index >= 15 is 0 Å². The number of nitrogens with two attached hydrogens (primary N) is 1. The smallest absolute Gasteiger partial charge is 0.307 e. The molecule has 0 spiro atoms. The molecule has 1 aromatic rings. The maximum absolute atomic E-state index is 9.17. The van der Waals surface area contributed by atoms with E-state index in [1.165, 1.54) is 5.56 Å². The Labute approximate surface area is 118 Å². The molecular formula is C14H18N5O+. The lowest BCUT2D eigenvalue weighted by Gasteiger charge is -2.14. The van der Waals surface area contributed by atoms with Crippen molar-refractivity contribution in [1.29, 1.82) is 5.26 Å². The van der Waals surface area contributed by atoms with Crippen LogP contribution in [-0.4, -0.2) is 42.4 Å². The first kappa shape index (κ1) is 14.0. The van der Waals surface area contributed by atoms with Gasteiger partial charge in [0.25, 0.3) is 0 Å². The summed E-state index contributed by atoms with van der Waals surface area (Å²) >= 11 is 0. The van der Waals surface area contributed by atoms with Crippen LogP contribution in [0.3, 0.4) is 0 Å². The number of benzene rings is 1. The number of hydrazone groups is 1. The predicted octanol–water partition coefficient (Wildman–Crippen LogP) is 0.686. The highest BCUT2D eigenvalue weighted by Gasteiger charge is 2.18. The molecular weight excluding hydrogens is 254 g/mol. The number of hydrogen-bond acceptors (Lipinski definition) is 4. The van der Waals surface area contributed by atoms with Crippen molar-refractivity contribution in [3.05, 3.63) is 29.8 Å². The van der Waals surface area contributed by atoms with Crippen molar-refractivity contribution < 1.29 is 9.31 Å². The molecule has 0 unspecified atom stereocenters. The molecule has 104 valence electrons. The van der Waals surface area contributed by atoms with Gasteiger partial charge in [0.2, 0.25) is 5.71 Å². The van der Waals surface area contributed by atoms with Gasteiger partial charge in [0, 0.05) is 0 Å². The average Bonchev–Trinajstić information content (AvgIpc) is 2.50. The van der Waals surface area contributed by atoms with Crippen molar-refractivity contribution in [2.45, 2.75) is 6.92 Å². The van der Waals surface area contributed by atoms with Crippen LogP contribution in [0.2, 0.25) is 0 Å². The van der Waals surface area contributed by atoms with Gasteiger partial charge in [-0.05, 0) is 19.1 Å². The second-order valence-electron chi connectivity index (χ2n) is 4.53. The molecule has 1 saturated heterocycles. The number of hydrogen-bond donors (Lipinski definition) is 2. The van der Waals surface area contributed by atoms with Crippen LogP contribution in [0.1, 0.15) is 5.56 Å². The molecule has 3 N–H and O–H groups in total. The van der Waals surface area contributed by atoms with Gasteiger partial charge in [-0.2, -0.15) is 10.4 Å². The molecule has 0 aromatic heterocycles. The monoisotopic (exact) mass is 272 g/mol. The van der Waals surface area contributed by atoms with Gasteiger partial charge in [-0.3, -0.25) is 15.7 Å². The molecule has 6 nitrogen and oxygen atoms in total. The number of anilines is 1. The average molecular weight is 272 g/mol. The summed E-state index contributed by atoms with van der Waals surface area (Å²) in [6.45, 7) is 4.60. The van der Waals surface area contributed by atoms with Crippen molar-refractivity contribution in [1.82, 2.24) is 0 Å². The minimum atomic E-state index is 0.187. The number of amidine groups is 1. The van der Waals surface area contributed by atoms with Gasteiger partial charge in [-0.1, -0.05) is 17.7 Å². The van der Waals surface area contributed by atoms with Gasteiger partial charge in [0.1, 0.15) is 19.2 Å². The molecule has 1 aromatic carbocycles. The standard InChI is InChI=1S/C14H17N5O/c1-11-2-4-12(5-3-11)17-18-13(10-15)14(16)19-6-8-20-9-7-19/h2-5H,6-9H2,1H3,(H2,16,17)/p+1. The third-order valence-corrected chi connectivity index (χ3v) is 3.05. The summed E-state index contributed by atoms with van der Waals surface area (Å²) in [6.07, 6.45) is 0. The van der Waals surface area contributed by atoms with Crippen molar-refractivity contribution in [3.63, 3.8) is 0 Å². The molecule has 6 heteroatoms. The summed E-state index contributed by atoms with van der Waals surface area (Å²) in [5.74, 6) is 0.385. The lowest BCUT2D eigenvalue weighted by Crippen LogP contribution is -2.41. The number of rotatable bonds is 3. The Hall–Kier alpha value is -2.39. The normalized spacial score (nSPS) is 15.6. The Morgan fingerprint density at radius 2 is 2.00 bits per heavy atom. The topological polar surface area (TPSA) is 86.4 Å². The summed E-state index contributed by atoms with van der Waals surface area (Å²) in [4.78, 5) is 0. The van der Waals surface area contributed by atoms with Gasteiger partial charge in [0.05, 0.1) is 18.9 Å². The van der Waals surface area contributed by atoms with Crippen LogP contribution >= 0.6 is 0 Å². The van der Waals surface area contributed by atoms with Crippen molar-refractivity contribution >= 4 is 17.2 Å². The van der Waals surface area contributed by atoms with Crippen molar-refractivity contribution in [2.75, 3.05) is 31.7 Å². The number of nitrogens with zero attached hydrogens (tertiary/aromatic N) is 3. The SMILES string of the molecule is Cc1ccc(N/N=C(/C#N)C(N)=[N+]2CCOCC2)cc1. The first-order valence-electron chi connectivity index (χ1n) is 6.46. The summed E-state index contributed by atoms with van der Waals surface area (Å²) in [5.41, 5.74) is 11.0. The van der Waals surface area contributed by atoms with E-state index in [1.807, 2.05) is 41.8 Å². The van der Waals surface area contributed by atoms with Crippen LogP contribution in [0.25, 0.3) is 0 Å². The van der Waals surface area contributed by atoms with E-state index in [4.69, 9.17) is 15.7 Å². The van der Waals surface area contributed by atoms with E-state index in [2.05, 4.69) is 10.5 Å². The maximum atomic E-state index is 9.17. The van der Waals surface area contributed by atoms with Crippen LogP contribution in [0.15, 0.2) is 29.4 Å². The summed E-state index contributed by atoms with van der Waals surface area (Å²) in [5, 5.41) is 13.2. The van der Waals surface area contributed by atoms with Gasteiger partial charge in [-0.25, -0.2) is 0 Å². The number of morpholine rings is 1. The second kappa shape index (κ2) is 6.68. The molecule has 0 bridgehead atoms. The van der Waals surface area contributed by atoms with E-state index in [0.29, 0.717) is 32.1 Å². The Bertz CT molecular complexity index is 560. The lowest BCUT2D eigenvalue weighted by atomic mass is 10.2. The Morgan fingerprint density at radius 1 is 1.35 bits per heavy atom. The molecule has 0 atom stereocenters. The molecule has 0 saturated carbocycles. The fourth-order valence-electron chi connectivity index (χ4n) is 1.84. The first-order chi connectivity index (χ1) is 9.70. The first-order valence-corrected chi connectivity index (χ1v) is 6.46. The van der Waals surface area contributed by atoms with Crippen LogP contribution in [-0.2, 0) is 4.74 Å². The van der Waals surface area contributed by atoms with Crippen LogP contribution in [0.5, 0.6) is 0 Å². The third-order valence-electron chi connectivity index (χ3n) is 3.05. The summed E-state index contributed by atoms with van der Waals surface area (Å²) in [7, 11) is 0. The third kappa shape index (κ3) is 3.56. The maximum Gasteiger partial charge on any atom is 0.307 e. The van der Waals surface area contributed by atoms with Crippen molar-refractivity contribution in [2.24, 2.45) is 10.8 Å². The zero-order chi connectivity index (χ0) is 14.4. The largest absolute Gasteiger partial charge is 0.373 e. The Kier molecular flexibility index (Phi) is 4.69. The molecule has 2 rings (SSSR count). The Morgan fingerprint density at radius 3 is 2.60 bits per heavy atom. The number of nitriles is 1. The molecule has 20 heavy (non-hydrogen) atoms. The van der Waals surface area contributed by atoms with E-state index in [1.54, 1.807) is 0 Å². The Balaban J connectivity index is 2.13. The molecule has 1 aliphatic heterocycles. The van der Waals surface area contributed by atoms with Gasteiger partial charge in [0.15, 0.2) is 0 Å². The molecule has 1 fully saturated rings. The van der Waals surface area contributed by atoms with Gasteiger partial charge < -0.3 is 4.74 Å². The summed E-state index contributed by atoms with van der Waals surface area (Å²) < 4.78 is 7.16. The lowest BCUT2D eigenvalue weighted by molar-refractivity contribution is -0.548. The molecule has 0 radical (unpaired) electrons. The number of ether oxygens (including phenoxy) is 1. The zero-order valence-electron chi connectivity index (χ0n) is 11.5. The number of aryl methyl sites for hydroxylation is 1. The zero-order valence-corrected chi connectivity index (χ0v) is 11.5. The predicted molar refractivity (Wildman–Crippen MR) is 77.9 cm³/mol. The fourth-order valence-corrected chi connectivity index (χ4v) is 1.84. The molecule has 1 heterocycles. The minimum absolute atomic E-state index is 0.187. The van der Waals surface area contributed by atoms with Crippen LogP contribution < -0.4 is 11.2 Å². The molecule has 1 aliphatic rings. The van der Waals surface area contributed by atoms with E-state index in [-0.39, 0.29) is 5.71 Å². The summed E-state index contributed by atoms with van der Waals surface area (Å²) in [6, 6.07) is 9.77. The van der Waals surface area contributed by atoms with Crippen LogP contribution in [0.4, 0.5) is 5.69 Å². The van der Waals surface area contributed by atoms with E-state index < -0.39 is 0 Å². The highest BCUT2D eigenvalue weighted by atomic mass is 16.5. The molecule has 0 aliphatic carbocycles. The highest BCUT2D eigenvalue weighted by Crippen LogP contribution is 2.08. The van der Waals surface area contributed by atoms with Crippen molar-refractivity contribution in [3.8, 4) is 6.07 Å². The van der Waals surface area contributed by atoms with Gasteiger partial charge in [-0.15, -0.1) is 0 Å². The second-order valence-corrected chi connectivity index (χ2v) is 4.53. The van der Waals surface area contributed by atoms with E-state index in [9.17, 15) is 0 Å². The number of nitrogens with one attached hydrogen (secondary N) is 1. The van der Waals surface area contributed by atoms with Crippen LogP contribution in [0, 0.1) is 18.3 Å². The molecule has 0 amide bonds. The fraction of sp³-hybridized carbons (Fsp3) is 0.357. The van der Waals surface area contributed by atoms with E-state index in [0.717, 1.165) is 5.69 Å². The minimum Gasteiger partial charge on any atom is -0.373 e. The van der Waals surface area contributed by atoms with Gasteiger partial charge >= 0.3 is 5.84 Å². The quantitative estimate of drug-likeness (QED) is 0.367. The highest BCUT2D eigenvalue weighted by molar-refractivity contribution is 6.45.